The lowest BCUT2D eigenvalue weighted by Gasteiger charge is -2.05. The van der Waals surface area contributed by atoms with E-state index in [0.29, 0.717) is 19.1 Å². The van der Waals surface area contributed by atoms with Crippen molar-refractivity contribution >= 4 is 5.91 Å². The van der Waals surface area contributed by atoms with Crippen LogP contribution in [0.25, 0.3) is 0 Å². The van der Waals surface area contributed by atoms with Gasteiger partial charge in [-0.3, -0.25) is 4.79 Å². The highest BCUT2D eigenvalue weighted by molar-refractivity contribution is 5.77. The molecule has 0 spiro atoms. The third kappa shape index (κ3) is 1.21. The molecule has 1 saturated heterocycles. The fourth-order valence-corrected chi connectivity index (χ4v) is 1.02. The van der Waals surface area contributed by atoms with Crippen LogP contribution in [0.15, 0.2) is 0 Å². The van der Waals surface area contributed by atoms with Gasteiger partial charge in [0.25, 0.3) is 0 Å². The number of primary amides is 1. The molecule has 1 heterocycles. The highest BCUT2D eigenvalue weighted by Gasteiger charge is 2.28. The molecule has 0 aliphatic carbocycles. The van der Waals surface area contributed by atoms with Crippen molar-refractivity contribution in [2.75, 3.05) is 13.2 Å². The summed E-state index contributed by atoms with van der Waals surface area (Å²) < 4.78 is 5.03. The van der Waals surface area contributed by atoms with Crippen LogP contribution in [0.1, 0.15) is 6.92 Å². The van der Waals surface area contributed by atoms with Crippen LogP contribution in [-0.2, 0) is 9.53 Å². The van der Waals surface area contributed by atoms with Gasteiger partial charge >= 0.3 is 0 Å². The number of rotatable bonds is 1. The van der Waals surface area contributed by atoms with E-state index in [9.17, 15) is 4.79 Å². The monoisotopic (exact) mass is 129 g/mol. The Bertz CT molecular complexity index is 124. The first-order valence-electron chi connectivity index (χ1n) is 3.09. The van der Waals surface area contributed by atoms with Crippen LogP contribution < -0.4 is 5.73 Å². The van der Waals surface area contributed by atoms with Gasteiger partial charge in [0.15, 0.2) is 0 Å². The molecule has 0 unspecified atom stereocenters. The van der Waals surface area contributed by atoms with Crippen molar-refractivity contribution in [3.05, 3.63) is 0 Å². The number of amides is 1. The maximum atomic E-state index is 10.6. The summed E-state index contributed by atoms with van der Waals surface area (Å²) in [5.41, 5.74) is 5.07. The maximum absolute atomic E-state index is 10.6. The van der Waals surface area contributed by atoms with Crippen LogP contribution in [0.3, 0.4) is 0 Å². The molecule has 52 valence electrons. The van der Waals surface area contributed by atoms with Crippen LogP contribution in [0, 0.1) is 11.8 Å². The van der Waals surface area contributed by atoms with Crippen LogP contribution >= 0.6 is 0 Å². The van der Waals surface area contributed by atoms with E-state index in [1.165, 1.54) is 0 Å². The largest absolute Gasteiger partial charge is 0.380 e. The molecule has 0 saturated carbocycles. The van der Waals surface area contributed by atoms with Crippen molar-refractivity contribution in [3.8, 4) is 0 Å². The lowest BCUT2D eigenvalue weighted by Crippen LogP contribution is -2.27. The number of hydrogen-bond acceptors (Lipinski definition) is 2. The highest BCUT2D eigenvalue weighted by Crippen LogP contribution is 2.18. The average Bonchev–Trinajstić information content (AvgIpc) is 2.13. The average molecular weight is 129 g/mol. The van der Waals surface area contributed by atoms with Crippen LogP contribution in [0.4, 0.5) is 0 Å². The van der Waals surface area contributed by atoms with Crippen molar-refractivity contribution in [1.82, 2.24) is 0 Å². The van der Waals surface area contributed by atoms with Gasteiger partial charge in [0.2, 0.25) is 5.91 Å². The molecular weight excluding hydrogens is 118 g/mol. The fourth-order valence-electron chi connectivity index (χ4n) is 1.02. The van der Waals surface area contributed by atoms with Crippen molar-refractivity contribution in [2.45, 2.75) is 6.92 Å². The summed E-state index contributed by atoms with van der Waals surface area (Å²) in [6.45, 7) is 3.16. The van der Waals surface area contributed by atoms with E-state index in [2.05, 4.69) is 0 Å². The van der Waals surface area contributed by atoms with Gasteiger partial charge < -0.3 is 10.5 Å². The molecule has 2 N–H and O–H groups in total. The molecule has 1 fully saturated rings. The normalized spacial score (nSPS) is 34.8. The first-order chi connectivity index (χ1) is 4.22. The Morgan fingerprint density at radius 2 is 2.33 bits per heavy atom. The summed E-state index contributed by atoms with van der Waals surface area (Å²) >= 11 is 0. The second kappa shape index (κ2) is 2.35. The summed E-state index contributed by atoms with van der Waals surface area (Å²) in [7, 11) is 0. The Kier molecular flexibility index (Phi) is 1.71. The molecule has 0 aromatic rings. The molecule has 3 nitrogen and oxygen atoms in total. The third-order valence-corrected chi connectivity index (χ3v) is 1.73. The SMILES string of the molecule is C[C@@H]1COC[C@@H]1C(N)=O. The topological polar surface area (TPSA) is 52.3 Å². The predicted octanol–water partition coefficient (Wildman–Crippen LogP) is -0.246. The van der Waals surface area contributed by atoms with Crippen molar-refractivity contribution < 1.29 is 9.53 Å². The second-order valence-electron chi connectivity index (χ2n) is 2.52. The van der Waals surface area contributed by atoms with Crippen molar-refractivity contribution in [1.29, 1.82) is 0 Å². The smallest absolute Gasteiger partial charge is 0.223 e. The highest BCUT2D eigenvalue weighted by atomic mass is 16.5. The predicted molar refractivity (Wildman–Crippen MR) is 32.7 cm³/mol. The zero-order chi connectivity index (χ0) is 6.85. The van der Waals surface area contributed by atoms with Gasteiger partial charge in [0, 0.05) is 6.61 Å². The zero-order valence-corrected chi connectivity index (χ0v) is 5.46. The van der Waals surface area contributed by atoms with Gasteiger partial charge in [0.1, 0.15) is 0 Å². The molecule has 1 amide bonds. The summed E-state index contributed by atoms with van der Waals surface area (Å²) in [5.74, 6) is 0.0208. The Morgan fingerprint density at radius 1 is 1.67 bits per heavy atom. The molecule has 1 rings (SSSR count). The molecule has 1 aliphatic rings. The van der Waals surface area contributed by atoms with Gasteiger partial charge in [-0.05, 0) is 5.92 Å². The van der Waals surface area contributed by atoms with E-state index >= 15 is 0 Å². The number of nitrogens with two attached hydrogens (primary N) is 1. The number of hydrogen-bond donors (Lipinski definition) is 1. The van der Waals surface area contributed by atoms with Crippen LogP contribution in [-0.4, -0.2) is 19.1 Å². The van der Waals surface area contributed by atoms with Crippen LogP contribution in [0.5, 0.6) is 0 Å². The summed E-state index contributed by atoms with van der Waals surface area (Å²) in [6, 6.07) is 0. The Hall–Kier alpha value is -0.570. The lowest BCUT2D eigenvalue weighted by molar-refractivity contribution is -0.122. The first kappa shape index (κ1) is 6.55. The number of carbonyl (C=O) groups excluding carboxylic acids is 1. The maximum Gasteiger partial charge on any atom is 0.223 e. The Balaban J connectivity index is 2.49. The lowest BCUT2D eigenvalue weighted by atomic mass is 9.98. The molecular formula is C6H11NO2. The van der Waals surface area contributed by atoms with Gasteiger partial charge in [-0.25, -0.2) is 0 Å². The van der Waals surface area contributed by atoms with Gasteiger partial charge in [-0.15, -0.1) is 0 Å². The molecule has 2 atom stereocenters. The second-order valence-corrected chi connectivity index (χ2v) is 2.52. The quantitative estimate of drug-likeness (QED) is 0.531. The third-order valence-electron chi connectivity index (χ3n) is 1.73. The zero-order valence-electron chi connectivity index (χ0n) is 5.46. The molecule has 0 aromatic carbocycles. The summed E-state index contributed by atoms with van der Waals surface area (Å²) in [4.78, 5) is 10.6. The van der Waals surface area contributed by atoms with E-state index in [1.54, 1.807) is 0 Å². The van der Waals surface area contributed by atoms with E-state index in [1.807, 2.05) is 6.92 Å². The molecule has 9 heavy (non-hydrogen) atoms. The summed E-state index contributed by atoms with van der Waals surface area (Å²) in [5, 5.41) is 0. The molecule has 3 heteroatoms. The van der Waals surface area contributed by atoms with Crippen molar-refractivity contribution in [3.63, 3.8) is 0 Å². The van der Waals surface area contributed by atoms with Gasteiger partial charge in [-0.2, -0.15) is 0 Å². The van der Waals surface area contributed by atoms with Crippen molar-refractivity contribution in [2.24, 2.45) is 17.6 Å². The molecule has 0 bridgehead atoms. The first-order valence-corrected chi connectivity index (χ1v) is 3.09. The minimum absolute atomic E-state index is 0.0509. The molecule has 0 aromatic heterocycles. The van der Waals surface area contributed by atoms with E-state index < -0.39 is 0 Å². The van der Waals surface area contributed by atoms with E-state index in [-0.39, 0.29) is 11.8 Å². The molecule has 1 aliphatic heterocycles. The Morgan fingerprint density at radius 3 is 2.56 bits per heavy atom. The fraction of sp³-hybridized carbons (Fsp3) is 0.833. The van der Waals surface area contributed by atoms with E-state index in [4.69, 9.17) is 10.5 Å². The van der Waals surface area contributed by atoms with Gasteiger partial charge in [-0.1, -0.05) is 6.92 Å². The number of ether oxygens (including phenoxy) is 1. The van der Waals surface area contributed by atoms with Gasteiger partial charge in [0.05, 0.1) is 12.5 Å². The standard InChI is InChI=1S/C6H11NO2/c1-4-2-9-3-5(4)6(7)8/h4-5H,2-3H2,1H3,(H2,7,8)/t4-,5+/m1/s1. The number of carbonyl (C=O) groups is 1. The Labute approximate surface area is 54.2 Å². The van der Waals surface area contributed by atoms with Crippen LogP contribution in [0.2, 0.25) is 0 Å². The van der Waals surface area contributed by atoms with E-state index in [0.717, 1.165) is 0 Å². The minimum atomic E-state index is -0.236. The molecule has 0 radical (unpaired) electrons. The minimum Gasteiger partial charge on any atom is -0.380 e. The summed E-state index contributed by atoms with van der Waals surface area (Å²) in [6.07, 6.45) is 0.